The van der Waals surface area contributed by atoms with Crippen LogP contribution >= 0.6 is 0 Å². The molecule has 1 fully saturated rings. The first-order valence-electron chi connectivity index (χ1n) is 4.90. The summed E-state index contributed by atoms with van der Waals surface area (Å²) < 4.78 is 4.98. The van der Waals surface area contributed by atoms with Crippen LogP contribution in [0.2, 0.25) is 0 Å². The van der Waals surface area contributed by atoms with Crippen molar-refractivity contribution < 1.29 is 9.63 Å². The van der Waals surface area contributed by atoms with Gasteiger partial charge in [0.2, 0.25) is 5.89 Å². The van der Waals surface area contributed by atoms with Crippen LogP contribution in [-0.4, -0.2) is 33.9 Å². The van der Waals surface area contributed by atoms with Gasteiger partial charge in [-0.3, -0.25) is 0 Å². The summed E-state index contributed by atoms with van der Waals surface area (Å²) >= 11 is 0. The molecule has 14 heavy (non-hydrogen) atoms. The fourth-order valence-corrected chi connectivity index (χ4v) is 1.80. The van der Waals surface area contributed by atoms with Crippen molar-refractivity contribution in [3.05, 3.63) is 11.7 Å². The number of aliphatic hydroxyl groups is 1. The molecule has 1 saturated heterocycles. The molecule has 1 aliphatic heterocycles. The zero-order chi connectivity index (χ0) is 10.0. The number of nitrogens with one attached hydrogen (secondary N) is 1. The highest BCUT2D eigenvalue weighted by atomic mass is 16.5. The lowest BCUT2D eigenvalue weighted by Gasteiger charge is -2.31. The summed E-state index contributed by atoms with van der Waals surface area (Å²) in [5.41, 5.74) is -0.711. The molecular weight excluding hydrogens is 182 g/mol. The Hall–Kier alpha value is -0.940. The van der Waals surface area contributed by atoms with E-state index in [1.807, 2.05) is 0 Å². The standard InChI is InChI=1S/C9H15N3O2/c1-7-11-8(14-12-7)5-9(13)3-2-4-10-6-9/h10,13H,2-6H2,1H3. The average molecular weight is 197 g/mol. The zero-order valence-corrected chi connectivity index (χ0v) is 8.29. The summed E-state index contributed by atoms with van der Waals surface area (Å²) in [4.78, 5) is 4.08. The van der Waals surface area contributed by atoms with Crippen molar-refractivity contribution in [1.29, 1.82) is 0 Å². The molecule has 1 aliphatic rings. The SMILES string of the molecule is Cc1noc(CC2(O)CCCNC2)n1. The van der Waals surface area contributed by atoms with Gasteiger partial charge in [0.05, 0.1) is 12.0 Å². The highest BCUT2D eigenvalue weighted by molar-refractivity contribution is 4.95. The van der Waals surface area contributed by atoms with Gasteiger partial charge in [-0.15, -0.1) is 0 Å². The molecule has 0 aromatic carbocycles. The monoisotopic (exact) mass is 197 g/mol. The van der Waals surface area contributed by atoms with Crippen molar-refractivity contribution in [3.63, 3.8) is 0 Å². The van der Waals surface area contributed by atoms with Gasteiger partial charge in [-0.25, -0.2) is 0 Å². The fourth-order valence-electron chi connectivity index (χ4n) is 1.80. The number of aryl methyl sites for hydroxylation is 1. The van der Waals surface area contributed by atoms with Crippen molar-refractivity contribution in [3.8, 4) is 0 Å². The second-order valence-electron chi connectivity index (χ2n) is 3.92. The Morgan fingerprint density at radius 1 is 1.64 bits per heavy atom. The average Bonchev–Trinajstić information content (AvgIpc) is 2.51. The van der Waals surface area contributed by atoms with Crippen LogP contribution in [0, 0.1) is 6.92 Å². The van der Waals surface area contributed by atoms with E-state index in [0.717, 1.165) is 19.4 Å². The van der Waals surface area contributed by atoms with Gasteiger partial charge in [-0.1, -0.05) is 5.16 Å². The Labute approximate surface area is 82.5 Å². The molecular formula is C9H15N3O2. The van der Waals surface area contributed by atoms with Crippen molar-refractivity contribution in [1.82, 2.24) is 15.5 Å². The fraction of sp³-hybridized carbons (Fsp3) is 0.778. The van der Waals surface area contributed by atoms with Crippen LogP contribution in [0.4, 0.5) is 0 Å². The Kier molecular flexibility index (Phi) is 2.52. The van der Waals surface area contributed by atoms with E-state index in [1.54, 1.807) is 6.92 Å². The van der Waals surface area contributed by atoms with E-state index in [-0.39, 0.29) is 0 Å². The lowest BCUT2D eigenvalue weighted by molar-refractivity contribution is 0.0103. The first-order valence-corrected chi connectivity index (χ1v) is 4.90. The van der Waals surface area contributed by atoms with Crippen LogP contribution in [0.1, 0.15) is 24.6 Å². The number of hydrogen-bond acceptors (Lipinski definition) is 5. The van der Waals surface area contributed by atoms with Crippen molar-refractivity contribution in [2.45, 2.75) is 31.8 Å². The molecule has 2 rings (SSSR count). The Morgan fingerprint density at radius 2 is 2.50 bits per heavy atom. The van der Waals surface area contributed by atoms with Crippen molar-refractivity contribution in [2.24, 2.45) is 0 Å². The second kappa shape index (κ2) is 3.67. The van der Waals surface area contributed by atoms with E-state index in [2.05, 4.69) is 15.5 Å². The predicted molar refractivity (Wildman–Crippen MR) is 49.8 cm³/mol. The first-order chi connectivity index (χ1) is 6.68. The quantitative estimate of drug-likeness (QED) is 0.700. The summed E-state index contributed by atoms with van der Waals surface area (Å²) in [6.07, 6.45) is 2.23. The minimum absolute atomic E-state index is 0.445. The third-order valence-electron chi connectivity index (χ3n) is 2.50. The molecule has 0 radical (unpaired) electrons. The molecule has 2 heterocycles. The normalized spacial score (nSPS) is 27.9. The number of hydrogen-bond donors (Lipinski definition) is 2. The van der Waals surface area contributed by atoms with E-state index < -0.39 is 5.60 Å². The topological polar surface area (TPSA) is 71.2 Å². The molecule has 5 heteroatoms. The van der Waals surface area contributed by atoms with Crippen LogP contribution < -0.4 is 5.32 Å². The Morgan fingerprint density at radius 3 is 3.07 bits per heavy atom. The summed E-state index contributed by atoms with van der Waals surface area (Å²) in [7, 11) is 0. The molecule has 0 bridgehead atoms. The third kappa shape index (κ3) is 2.10. The third-order valence-corrected chi connectivity index (χ3v) is 2.50. The molecule has 1 atom stereocenters. The van der Waals surface area contributed by atoms with E-state index in [0.29, 0.717) is 24.7 Å². The van der Waals surface area contributed by atoms with Gasteiger partial charge in [0.1, 0.15) is 0 Å². The van der Waals surface area contributed by atoms with E-state index >= 15 is 0 Å². The molecule has 0 aliphatic carbocycles. The van der Waals surface area contributed by atoms with E-state index in [9.17, 15) is 5.11 Å². The van der Waals surface area contributed by atoms with E-state index in [1.165, 1.54) is 0 Å². The van der Waals surface area contributed by atoms with Gasteiger partial charge >= 0.3 is 0 Å². The van der Waals surface area contributed by atoms with Gasteiger partial charge in [0, 0.05) is 6.54 Å². The van der Waals surface area contributed by atoms with Crippen LogP contribution in [0.5, 0.6) is 0 Å². The van der Waals surface area contributed by atoms with E-state index in [4.69, 9.17) is 4.52 Å². The molecule has 1 unspecified atom stereocenters. The summed E-state index contributed by atoms with van der Waals surface area (Å²) in [5, 5.41) is 17.0. The molecule has 5 nitrogen and oxygen atoms in total. The van der Waals surface area contributed by atoms with Crippen LogP contribution in [0.25, 0.3) is 0 Å². The lowest BCUT2D eigenvalue weighted by Crippen LogP contribution is -2.47. The van der Waals surface area contributed by atoms with Gasteiger partial charge in [-0.2, -0.15) is 4.98 Å². The van der Waals surface area contributed by atoms with Crippen molar-refractivity contribution >= 4 is 0 Å². The van der Waals surface area contributed by atoms with Gasteiger partial charge in [0.15, 0.2) is 5.82 Å². The number of nitrogens with zero attached hydrogens (tertiary/aromatic N) is 2. The Balaban J connectivity index is 2.01. The molecule has 0 spiro atoms. The largest absolute Gasteiger partial charge is 0.388 e. The maximum absolute atomic E-state index is 10.1. The lowest BCUT2D eigenvalue weighted by atomic mass is 9.91. The van der Waals surface area contributed by atoms with Gasteiger partial charge in [0.25, 0.3) is 0 Å². The van der Waals surface area contributed by atoms with Crippen LogP contribution in [-0.2, 0) is 6.42 Å². The number of piperidine rings is 1. The number of β-amino-alcohol motifs (C(OH)–C–C–N with tert-alkyl or cyclic N) is 1. The second-order valence-corrected chi connectivity index (χ2v) is 3.92. The first kappa shape index (κ1) is 9.61. The van der Waals surface area contributed by atoms with Crippen molar-refractivity contribution in [2.75, 3.05) is 13.1 Å². The van der Waals surface area contributed by atoms with Crippen LogP contribution in [0.15, 0.2) is 4.52 Å². The minimum Gasteiger partial charge on any atom is -0.388 e. The minimum atomic E-state index is -0.711. The molecule has 2 N–H and O–H groups in total. The predicted octanol–water partition coefficient (Wildman–Crippen LogP) is 0.0350. The Bertz CT molecular complexity index is 305. The highest BCUT2D eigenvalue weighted by Gasteiger charge is 2.31. The summed E-state index contributed by atoms with van der Waals surface area (Å²) in [5.74, 6) is 1.14. The smallest absolute Gasteiger partial charge is 0.229 e. The number of aromatic nitrogens is 2. The number of rotatable bonds is 2. The highest BCUT2D eigenvalue weighted by Crippen LogP contribution is 2.20. The molecule has 0 amide bonds. The van der Waals surface area contributed by atoms with Gasteiger partial charge < -0.3 is 14.9 Å². The summed E-state index contributed by atoms with van der Waals surface area (Å²) in [6.45, 7) is 3.36. The maximum Gasteiger partial charge on any atom is 0.229 e. The molecule has 1 aromatic rings. The maximum atomic E-state index is 10.1. The van der Waals surface area contributed by atoms with Gasteiger partial charge in [-0.05, 0) is 26.3 Å². The van der Waals surface area contributed by atoms with Crippen LogP contribution in [0.3, 0.4) is 0 Å². The molecule has 78 valence electrons. The summed E-state index contributed by atoms with van der Waals surface area (Å²) in [6, 6.07) is 0. The molecule has 0 saturated carbocycles. The zero-order valence-electron chi connectivity index (χ0n) is 8.29. The molecule has 1 aromatic heterocycles.